The summed E-state index contributed by atoms with van der Waals surface area (Å²) in [5.41, 5.74) is 3.23. The molecule has 0 saturated heterocycles. The number of hydrogen-bond acceptors (Lipinski definition) is 4. The minimum absolute atomic E-state index is 0.201. The van der Waals surface area contributed by atoms with Gasteiger partial charge in [-0.15, -0.1) is 0 Å². The largest absolute Gasteiger partial charge is 0.340 e. The Labute approximate surface area is 124 Å². The highest BCUT2D eigenvalue weighted by molar-refractivity contribution is 7.98. The summed E-state index contributed by atoms with van der Waals surface area (Å²) in [5.74, 6) is 0.375. The predicted molar refractivity (Wildman–Crippen MR) is 82.5 cm³/mol. The van der Waals surface area contributed by atoms with Crippen LogP contribution in [0.3, 0.4) is 0 Å². The summed E-state index contributed by atoms with van der Waals surface area (Å²) >= 11 is 1.64. The van der Waals surface area contributed by atoms with Gasteiger partial charge < -0.3 is 5.32 Å². The van der Waals surface area contributed by atoms with E-state index in [4.69, 9.17) is 0 Å². The van der Waals surface area contributed by atoms with Crippen LogP contribution >= 0.6 is 11.8 Å². The molecule has 0 aliphatic rings. The zero-order valence-electron chi connectivity index (χ0n) is 12.1. The Balaban J connectivity index is 2.68. The molecule has 1 rings (SSSR count). The number of nitrogens with one attached hydrogen (secondary N) is 2. The van der Waals surface area contributed by atoms with E-state index in [1.807, 2.05) is 12.3 Å². The molecule has 0 aromatic heterocycles. The molecule has 0 unspecified atom stereocenters. The molecule has 0 spiro atoms. The van der Waals surface area contributed by atoms with E-state index in [-0.39, 0.29) is 11.8 Å². The molecule has 2 amide bonds. The first kappa shape index (κ1) is 16.5. The Morgan fingerprint density at radius 3 is 2.45 bits per heavy atom. The van der Waals surface area contributed by atoms with Crippen molar-refractivity contribution in [1.82, 2.24) is 15.8 Å². The molecule has 0 bridgehead atoms. The first-order valence-electron chi connectivity index (χ1n) is 6.37. The summed E-state index contributed by atoms with van der Waals surface area (Å²) < 4.78 is 0. The number of carbonyl (C=O) groups excluding carboxylic acids is 2. The number of benzene rings is 1. The highest BCUT2D eigenvalue weighted by Gasteiger charge is 2.21. The quantitative estimate of drug-likeness (QED) is 0.740. The fraction of sp³-hybridized carbons (Fsp3) is 0.429. The van der Waals surface area contributed by atoms with Crippen LogP contribution in [0.25, 0.3) is 0 Å². The molecule has 2 N–H and O–H groups in total. The molecular weight excluding hydrogens is 274 g/mol. The van der Waals surface area contributed by atoms with Crippen molar-refractivity contribution < 1.29 is 9.59 Å². The molecule has 20 heavy (non-hydrogen) atoms. The normalized spacial score (nSPS) is 12.0. The van der Waals surface area contributed by atoms with Crippen molar-refractivity contribution in [1.29, 1.82) is 0 Å². The number of amides is 2. The summed E-state index contributed by atoms with van der Waals surface area (Å²) in [6, 6.07) is 8.37. The fourth-order valence-corrected chi connectivity index (χ4v) is 2.11. The maximum Gasteiger partial charge on any atom is 0.256 e. The number of hydrazine groups is 1. The Kier molecular flexibility index (Phi) is 7.11. The van der Waals surface area contributed by atoms with Crippen LogP contribution in [0.2, 0.25) is 0 Å². The second-order valence-electron chi connectivity index (χ2n) is 4.54. The third kappa shape index (κ3) is 5.63. The van der Waals surface area contributed by atoms with Gasteiger partial charge in [-0.1, -0.05) is 18.2 Å². The van der Waals surface area contributed by atoms with Crippen molar-refractivity contribution in [2.24, 2.45) is 0 Å². The lowest BCUT2D eigenvalue weighted by atomic mass is 10.1. The highest BCUT2D eigenvalue weighted by Crippen LogP contribution is 2.04. The van der Waals surface area contributed by atoms with E-state index in [1.54, 1.807) is 55.1 Å². The molecular formula is C14H21N3O2S. The van der Waals surface area contributed by atoms with Gasteiger partial charge in [-0.05, 0) is 30.6 Å². The summed E-state index contributed by atoms with van der Waals surface area (Å²) in [5, 5.41) is 4.35. The number of hydrogen-bond donors (Lipinski definition) is 2. The van der Waals surface area contributed by atoms with Crippen LogP contribution in [0.15, 0.2) is 30.3 Å². The lowest BCUT2D eigenvalue weighted by Crippen LogP contribution is -2.50. The monoisotopic (exact) mass is 295 g/mol. The Morgan fingerprint density at radius 2 is 1.90 bits per heavy atom. The van der Waals surface area contributed by atoms with Gasteiger partial charge in [-0.3, -0.25) is 15.0 Å². The summed E-state index contributed by atoms with van der Waals surface area (Å²) in [4.78, 5) is 24.1. The first-order valence-corrected chi connectivity index (χ1v) is 7.76. The van der Waals surface area contributed by atoms with Gasteiger partial charge in [0.15, 0.2) is 0 Å². The van der Waals surface area contributed by atoms with Gasteiger partial charge in [0.2, 0.25) is 0 Å². The van der Waals surface area contributed by atoms with Gasteiger partial charge in [0.25, 0.3) is 11.8 Å². The van der Waals surface area contributed by atoms with Crippen molar-refractivity contribution in [3.05, 3.63) is 35.9 Å². The lowest BCUT2D eigenvalue weighted by molar-refractivity contribution is -0.126. The van der Waals surface area contributed by atoms with E-state index < -0.39 is 6.04 Å². The van der Waals surface area contributed by atoms with Crippen LogP contribution in [-0.2, 0) is 4.79 Å². The van der Waals surface area contributed by atoms with Crippen LogP contribution in [-0.4, -0.2) is 49.0 Å². The van der Waals surface area contributed by atoms with E-state index in [1.165, 1.54) is 0 Å². The van der Waals surface area contributed by atoms with Crippen molar-refractivity contribution in [2.45, 2.75) is 12.5 Å². The predicted octanol–water partition coefficient (Wildman–Crippen LogP) is 1.13. The molecule has 0 saturated carbocycles. The van der Waals surface area contributed by atoms with Crippen molar-refractivity contribution in [3.63, 3.8) is 0 Å². The van der Waals surface area contributed by atoms with Gasteiger partial charge in [0.1, 0.15) is 6.04 Å². The van der Waals surface area contributed by atoms with Gasteiger partial charge in [-0.25, -0.2) is 5.01 Å². The van der Waals surface area contributed by atoms with Crippen molar-refractivity contribution in [3.8, 4) is 0 Å². The Morgan fingerprint density at radius 1 is 1.25 bits per heavy atom. The SMILES string of the molecule is CSCC[C@H](NC(=O)c1ccccc1)C(=O)NN(C)C. The molecule has 5 nitrogen and oxygen atoms in total. The topological polar surface area (TPSA) is 61.4 Å². The Bertz CT molecular complexity index is 437. The minimum Gasteiger partial charge on any atom is -0.340 e. The Hall–Kier alpha value is -1.53. The van der Waals surface area contributed by atoms with Crippen LogP contribution in [0.1, 0.15) is 16.8 Å². The molecule has 0 fully saturated rings. The third-order valence-corrected chi connectivity index (χ3v) is 3.25. The molecule has 1 aromatic carbocycles. The zero-order chi connectivity index (χ0) is 15.0. The second-order valence-corrected chi connectivity index (χ2v) is 5.53. The number of carbonyl (C=O) groups is 2. The van der Waals surface area contributed by atoms with Crippen LogP contribution in [0.4, 0.5) is 0 Å². The van der Waals surface area contributed by atoms with Gasteiger partial charge in [0, 0.05) is 19.7 Å². The molecule has 110 valence electrons. The van der Waals surface area contributed by atoms with E-state index in [2.05, 4.69) is 10.7 Å². The molecule has 0 radical (unpaired) electrons. The van der Waals surface area contributed by atoms with Crippen molar-refractivity contribution >= 4 is 23.6 Å². The molecule has 6 heteroatoms. The van der Waals surface area contributed by atoms with E-state index in [9.17, 15) is 9.59 Å². The highest BCUT2D eigenvalue weighted by atomic mass is 32.2. The van der Waals surface area contributed by atoms with Gasteiger partial charge in [-0.2, -0.15) is 11.8 Å². The van der Waals surface area contributed by atoms with E-state index >= 15 is 0 Å². The van der Waals surface area contributed by atoms with E-state index in [0.717, 1.165) is 5.75 Å². The van der Waals surface area contributed by atoms with Crippen LogP contribution in [0.5, 0.6) is 0 Å². The summed E-state index contributed by atoms with van der Waals surface area (Å²) in [6.07, 6.45) is 2.57. The number of rotatable bonds is 7. The first-order chi connectivity index (χ1) is 9.54. The summed E-state index contributed by atoms with van der Waals surface area (Å²) in [7, 11) is 3.48. The van der Waals surface area contributed by atoms with Crippen molar-refractivity contribution in [2.75, 3.05) is 26.1 Å². The number of nitrogens with zero attached hydrogens (tertiary/aromatic N) is 1. The molecule has 0 heterocycles. The molecule has 1 atom stereocenters. The average molecular weight is 295 g/mol. The molecule has 0 aliphatic carbocycles. The molecule has 1 aromatic rings. The zero-order valence-corrected chi connectivity index (χ0v) is 12.9. The second kappa shape index (κ2) is 8.60. The van der Waals surface area contributed by atoms with Crippen LogP contribution < -0.4 is 10.7 Å². The third-order valence-electron chi connectivity index (χ3n) is 2.60. The van der Waals surface area contributed by atoms with Gasteiger partial charge >= 0.3 is 0 Å². The summed E-state index contributed by atoms with van der Waals surface area (Å²) in [6.45, 7) is 0. The average Bonchev–Trinajstić information content (AvgIpc) is 2.43. The fourth-order valence-electron chi connectivity index (χ4n) is 1.63. The molecule has 0 aliphatic heterocycles. The smallest absolute Gasteiger partial charge is 0.256 e. The standard InChI is InChI=1S/C14H21N3O2S/c1-17(2)16-14(19)12(9-10-20-3)15-13(18)11-7-5-4-6-8-11/h4-8,12H,9-10H2,1-3H3,(H,15,18)(H,16,19)/t12-/m0/s1. The minimum atomic E-state index is -0.530. The maximum absolute atomic E-state index is 12.1. The lowest BCUT2D eigenvalue weighted by Gasteiger charge is -2.20. The number of thioether (sulfide) groups is 1. The van der Waals surface area contributed by atoms with E-state index in [0.29, 0.717) is 12.0 Å². The van der Waals surface area contributed by atoms with Crippen LogP contribution in [0, 0.1) is 0 Å². The maximum atomic E-state index is 12.1. The van der Waals surface area contributed by atoms with Gasteiger partial charge in [0.05, 0.1) is 0 Å².